The third kappa shape index (κ3) is 2.92. The first kappa shape index (κ1) is 11.9. The molecule has 0 aliphatic heterocycles. The van der Waals surface area contributed by atoms with Crippen molar-refractivity contribution in [3.63, 3.8) is 0 Å². The first-order chi connectivity index (χ1) is 7.69. The minimum absolute atomic E-state index is 0.132. The van der Waals surface area contributed by atoms with Crippen LogP contribution in [0.2, 0.25) is 0 Å². The molecule has 4 N–H and O–H groups in total. The standard InChI is InChI=1S/C12H16N3O/c1-3-4-10(8-16-15-2)9-5-6-11(13)12(14)7-9/h2-3,5-7,10H,1,4,8,13-14H2/q+1/t10-/m0/s1. The summed E-state index contributed by atoms with van der Waals surface area (Å²) in [6, 6.07) is 5.53. The van der Waals surface area contributed by atoms with Crippen molar-refractivity contribution in [1.82, 2.24) is 0 Å². The molecule has 0 saturated heterocycles. The van der Waals surface area contributed by atoms with Gasteiger partial charge in [-0.25, -0.2) is 0 Å². The molecule has 1 aromatic rings. The molecule has 0 radical (unpaired) electrons. The molecule has 4 nitrogen and oxygen atoms in total. The molecule has 1 rings (SSSR count). The molecule has 0 aromatic heterocycles. The fourth-order valence-electron chi connectivity index (χ4n) is 1.48. The van der Waals surface area contributed by atoms with Gasteiger partial charge in [0.25, 0.3) is 0 Å². The van der Waals surface area contributed by atoms with Gasteiger partial charge in [0.05, 0.1) is 11.4 Å². The van der Waals surface area contributed by atoms with Crippen molar-refractivity contribution in [3.8, 4) is 6.57 Å². The molecule has 0 fully saturated rings. The van der Waals surface area contributed by atoms with Crippen molar-refractivity contribution in [3.05, 3.63) is 41.4 Å². The fourth-order valence-corrected chi connectivity index (χ4v) is 1.48. The summed E-state index contributed by atoms with van der Waals surface area (Å²) in [6.07, 6.45) is 2.58. The van der Waals surface area contributed by atoms with Gasteiger partial charge in [0.2, 0.25) is 5.01 Å². The van der Waals surface area contributed by atoms with Crippen LogP contribution in [0.5, 0.6) is 0 Å². The Morgan fingerprint density at radius 3 is 2.75 bits per heavy atom. The smallest absolute Gasteiger partial charge is 0.335 e. The molecule has 0 unspecified atom stereocenters. The van der Waals surface area contributed by atoms with Crippen LogP contribution in [0.1, 0.15) is 17.9 Å². The first-order valence-electron chi connectivity index (χ1n) is 4.97. The van der Waals surface area contributed by atoms with Crippen LogP contribution in [-0.2, 0) is 4.84 Å². The maximum Gasteiger partial charge on any atom is 0.335 e. The Bertz CT molecular complexity index is 409. The van der Waals surface area contributed by atoms with Crippen LogP contribution < -0.4 is 11.5 Å². The zero-order chi connectivity index (χ0) is 12.0. The lowest BCUT2D eigenvalue weighted by Gasteiger charge is -2.12. The Kier molecular flexibility index (Phi) is 4.22. The molecule has 4 heteroatoms. The van der Waals surface area contributed by atoms with E-state index in [0.717, 1.165) is 12.0 Å². The van der Waals surface area contributed by atoms with Crippen LogP contribution in [0.3, 0.4) is 0 Å². The second-order valence-electron chi connectivity index (χ2n) is 3.51. The van der Waals surface area contributed by atoms with E-state index >= 15 is 0 Å². The monoisotopic (exact) mass is 218 g/mol. The molecular formula is C12H16N3O+. The van der Waals surface area contributed by atoms with Crippen molar-refractivity contribution in [2.75, 3.05) is 18.1 Å². The topological polar surface area (TPSA) is 65.6 Å². The highest BCUT2D eigenvalue weighted by Gasteiger charge is 2.14. The normalized spacial score (nSPS) is 11.4. The molecule has 16 heavy (non-hydrogen) atoms. The number of anilines is 2. The van der Waals surface area contributed by atoms with Crippen molar-refractivity contribution in [1.29, 1.82) is 0 Å². The quantitative estimate of drug-likeness (QED) is 0.453. The second kappa shape index (κ2) is 5.66. The number of allylic oxidation sites excluding steroid dienone is 1. The third-order valence-corrected chi connectivity index (χ3v) is 2.38. The van der Waals surface area contributed by atoms with E-state index in [1.165, 1.54) is 0 Å². The average Bonchev–Trinajstić information content (AvgIpc) is 2.28. The van der Waals surface area contributed by atoms with E-state index in [9.17, 15) is 0 Å². The molecule has 0 saturated carbocycles. The van der Waals surface area contributed by atoms with E-state index in [1.54, 1.807) is 6.07 Å². The van der Waals surface area contributed by atoms with Gasteiger partial charge in [-0.2, -0.15) is 4.84 Å². The number of hydrogen-bond donors (Lipinski definition) is 2. The average molecular weight is 218 g/mol. The Hall–Kier alpha value is -2.15. The number of rotatable bonds is 5. The van der Waals surface area contributed by atoms with E-state index in [4.69, 9.17) is 22.9 Å². The van der Waals surface area contributed by atoms with Gasteiger partial charge in [-0.1, -0.05) is 12.1 Å². The first-order valence-corrected chi connectivity index (χ1v) is 4.97. The highest BCUT2D eigenvalue weighted by atomic mass is 16.6. The van der Waals surface area contributed by atoms with Crippen LogP contribution in [0.25, 0.3) is 5.01 Å². The Balaban J connectivity index is 2.87. The van der Waals surface area contributed by atoms with Crippen molar-refractivity contribution in [2.45, 2.75) is 12.3 Å². The summed E-state index contributed by atoms with van der Waals surface area (Å²) in [5, 5.41) is 3.13. The van der Waals surface area contributed by atoms with Crippen LogP contribution in [0.15, 0.2) is 30.9 Å². The summed E-state index contributed by atoms with van der Waals surface area (Å²) in [4.78, 5) is 4.86. The molecule has 0 amide bonds. The number of benzene rings is 1. The predicted octanol–water partition coefficient (Wildman–Crippen LogP) is 2.41. The van der Waals surface area contributed by atoms with Crippen molar-refractivity contribution < 1.29 is 4.84 Å². The zero-order valence-electron chi connectivity index (χ0n) is 9.10. The third-order valence-electron chi connectivity index (χ3n) is 2.38. The molecule has 0 aliphatic carbocycles. The zero-order valence-corrected chi connectivity index (χ0v) is 9.10. The van der Waals surface area contributed by atoms with E-state index < -0.39 is 0 Å². The summed E-state index contributed by atoms with van der Waals surface area (Å²) in [6.45, 7) is 9.03. The highest BCUT2D eigenvalue weighted by Crippen LogP contribution is 2.25. The summed E-state index contributed by atoms with van der Waals surface area (Å²) in [5.41, 5.74) is 13.6. The molecule has 0 heterocycles. The van der Waals surface area contributed by atoms with Crippen LogP contribution in [0, 0.1) is 6.57 Å². The van der Waals surface area contributed by atoms with Gasteiger partial charge in [0.15, 0.2) is 6.61 Å². The molecule has 0 aliphatic rings. The SMILES string of the molecule is C#[N+]OC[C@H](CC=C)c1ccc(N)c(N)c1. The molecule has 0 spiro atoms. The Labute approximate surface area is 95.3 Å². The van der Waals surface area contributed by atoms with Crippen molar-refractivity contribution in [2.24, 2.45) is 0 Å². The van der Waals surface area contributed by atoms with E-state index in [1.807, 2.05) is 18.2 Å². The summed E-state index contributed by atoms with van der Waals surface area (Å²) < 4.78 is 0. The molecule has 0 bridgehead atoms. The minimum atomic E-state index is 0.132. The van der Waals surface area contributed by atoms with Gasteiger partial charge in [-0.05, 0) is 24.1 Å². The van der Waals surface area contributed by atoms with Crippen molar-refractivity contribution >= 4 is 11.4 Å². The maximum absolute atomic E-state index is 5.74. The van der Waals surface area contributed by atoms with E-state index in [-0.39, 0.29) is 5.92 Å². The predicted molar refractivity (Wildman–Crippen MR) is 67.1 cm³/mol. The number of nitrogens with two attached hydrogens (primary N) is 2. The van der Waals surface area contributed by atoms with Crippen LogP contribution >= 0.6 is 0 Å². The summed E-state index contributed by atoms with van der Waals surface area (Å²) in [7, 11) is 0. The van der Waals surface area contributed by atoms with Gasteiger partial charge in [-0.3, -0.25) is 0 Å². The summed E-state index contributed by atoms with van der Waals surface area (Å²) >= 11 is 0. The molecule has 1 atom stereocenters. The fraction of sp³-hybridized carbons (Fsp3) is 0.250. The van der Waals surface area contributed by atoms with Gasteiger partial charge in [0.1, 0.15) is 0 Å². The van der Waals surface area contributed by atoms with Crippen LogP contribution in [0.4, 0.5) is 11.4 Å². The lowest BCUT2D eigenvalue weighted by Crippen LogP contribution is -2.06. The van der Waals surface area contributed by atoms with E-state index in [2.05, 4.69) is 11.6 Å². The number of hydrogen-bond acceptors (Lipinski definition) is 3. The van der Waals surface area contributed by atoms with Gasteiger partial charge >= 0.3 is 6.57 Å². The highest BCUT2D eigenvalue weighted by molar-refractivity contribution is 5.64. The maximum atomic E-state index is 5.74. The molecule has 1 aromatic carbocycles. The number of nitrogens with zero attached hydrogens (tertiary/aromatic N) is 1. The summed E-state index contributed by atoms with van der Waals surface area (Å²) in [5.74, 6) is 0.132. The van der Waals surface area contributed by atoms with Crippen LogP contribution in [-0.4, -0.2) is 6.61 Å². The Morgan fingerprint density at radius 1 is 1.44 bits per heavy atom. The lowest BCUT2D eigenvalue weighted by molar-refractivity contribution is 0.221. The minimum Gasteiger partial charge on any atom is -0.397 e. The second-order valence-corrected chi connectivity index (χ2v) is 3.51. The van der Waals surface area contributed by atoms with Gasteiger partial charge in [0, 0.05) is 5.92 Å². The Morgan fingerprint density at radius 2 is 2.19 bits per heavy atom. The van der Waals surface area contributed by atoms with Gasteiger partial charge in [-0.15, -0.1) is 6.58 Å². The lowest BCUT2D eigenvalue weighted by atomic mass is 9.96. The number of nitrogen functional groups attached to an aromatic ring is 2. The molecule has 84 valence electrons. The van der Waals surface area contributed by atoms with E-state index in [0.29, 0.717) is 18.0 Å². The van der Waals surface area contributed by atoms with Gasteiger partial charge < -0.3 is 11.5 Å². The largest absolute Gasteiger partial charge is 0.397 e. The molecular weight excluding hydrogens is 202 g/mol.